The van der Waals surface area contributed by atoms with Crippen LogP contribution in [0.2, 0.25) is 0 Å². The lowest BCUT2D eigenvalue weighted by atomic mass is 9.90. The van der Waals surface area contributed by atoms with E-state index in [0.717, 1.165) is 6.07 Å². The average molecular weight is 371 g/mol. The third-order valence-corrected chi connectivity index (χ3v) is 4.72. The Morgan fingerprint density at radius 2 is 1.96 bits per heavy atom. The van der Waals surface area contributed by atoms with E-state index in [2.05, 4.69) is 16.8 Å². The van der Waals surface area contributed by atoms with Gasteiger partial charge < -0.3 is 4.57 Å². The standard InChI is InChI=1S/C18H18F5N3/c1-2-4-11-7-8-12(13-5-3-6-14(19)16(13)20)10-26-15(9-18(21,22)23)24-25-17(11)26/h2-3,5-6,11-12H,1,4,7-10H2. The van der Waals surface area contributed by atoms with Gasteiger partial charge in [-0.15, -0.1) is 16.8 Å². The van der Waals surface area contributed by atoms with Gasteiger partial charge in [0.25, 0.3) is 0 Å². The van der Waals surface area contributed by atoms with Gasteiger partial charge in [0.2, 0.25) is 0 Å². The van der Waals surface area contributed by atoms with Crippen LogP contribution < -0.4 is 0 Å². The van der Waals surface area contributed by atoms with Crippen molar-refractivity contribution in [3.8, 4) is 0 Å². The lowest BCUT2D eigenvalue weighted by Crippen LogP contribution is -2.19. The fourth-order valence-electron chi connectivity index (χ4n) is 3.52. The molecular formula is C18H18F5N3. The zero-order valence-corrected chi connectivity index (χ0v) is 13.9. The van der Waals surface area contributed by atoms with Gasteiger partial charge in [0, 0.05) is 18.4 Å². The van der Waals surface area contributed by atoms with Gasteiger partial charge >= 0.3 is 6.18 Å². The van der Waals surface area contributed by atoms with Crippen molar-refractivity contribution in [2.45, 2.75) is 50.2 Å². The third kappa shape index (κ3) is 3.78. The summed E-state index contributed by atoms with van der Waals surface area (Å²) < 4.78 is 67.8. The van der Waals surface area contributed by atoms with Crippen LogP contribution >= 0.6 is 0 Å². The molecule has 0 radical (unpaired) electrons. The molecule has 3 rings (SSSR count). The van der Waals surface area contributed by atoms with Crippen molar-refractivity contribution < 1.29 is 22.0 Å². The summed E-state index contributed by atoms with van der Waals surface area (Å²) >= 11 is 0. The summed E-state index contributed by atoms with van der Waals surface area (Å²) in [6, 6.07) is 3.91. The first-order chi connectivity index (χ1) is 12.3. The highest BCUT2D eigenvalue weighted by Gasteiger charge is 2.35. The molecule has 26 heavy (non-hydrogen) atoms. The lowest BCUT2D eigenvalue weighted by molar-refractivity contribution is -0.129. The van der Waals surface area contributed by atoms with Crippen LogP contribution in [-0.4, -0.2) is 20.9 Å². The summed E-state index contributed by atoms with van der Waals surface area (Å²) in [6.45, 7) is 3.77. The molecule has 0 saturated carbocycles. The zero-order chi connectivity index (χ0) is 18.9. The quantitative estimate of drug-likeness (QED) is 0.565. The second-order valence-corrected chi connectivity index (χ2v) is 6.52. The topological polar surface area (TPSA) is 30.7 Å². The van der Waals surface area contributed by atoms with E-state index in [-0.39, 0.29) is 23.9 Å². The van der Waals surface area contributed by atoms with E-state index in [0.29, 0.717) is 25.1 Å². The van der Waals surface area contributed by atoms with Crippen LogP contribution in [0.15, 0.2) is 30.9 Å². The molecule has 1 aliphatic heterocycles. The van der Waals surface area contributed by atoms with Crippen LogP contribution in [0.1, 0.15) is 48.3 Å². The van der Waals surface area contributed by atoms with Gasteiger partial charge in [0.15, 0.2) is 11.6 Å². The number of rotatable bonds is 4. The first-order valence-corrected chi connectivity index (χ1v) is 8.33. The van der Waals surface area contributed by atoms with Crippen molar-refractivity contribution in [1.82, 2.24) is 14.8 Å². The molecule has 2 unspecified atom stereocenters. The van der Waals surface area contributed by atoms with Gasteiger partial charge in [-0.05, 0) is 30.9 Å². The molecule has 1 aromatic heterocycles. The normalized spacial score (nSPS) is 20.5. The summed E-state index contributed by atoms with van der Waals surface area (Å²) in [5.41, 5.74) is 0.168. The molecular weight excluding hydrogens is 353 g/mol. The molecule has 8 heteroatoms. The minimum atomic E-state index is -4.43. The Kier molecular flexibility index (Phi) is 5.11. The Morgan fingerprint density at radius 3 is 2.65 bits per heavy atom. The number of benzene rings is 1. The first kappa shape index (κ1) is 18.5. The average Bonchev–Trinajstić information content (AvgIpc) is 2.83. The van der Waals surface area contributed by atoms with Crippen LogP contribution in [0.4, 0.5) is 22.0 Å². The number of hydrogen-bond acceptors (Lipinski definition) is 2. The van der Waals surface area contributed by atoms with Crippen molar-refractivity contribution in [3.63, 3.8) is 0 Å². The Bertz CT molecular complexity index is 797. The largest absolute Gasteiger partial charge is 0.396 e. The fraction of sp³-hybridized carbons (Fsp3) is 0.444. The maximum atomic E-state index is 14.2. The summed E-state index contributed by atoms with van der Waals surface area (Å²) in [7, 11) is 0. The van der Waals surface area contributed by atoms with Gasteiger partial charge in [-0.1, -0.05) is 18.2 Å². The van der Waals surface area contributed by atoms with E-state index in [1.54, 1.807) is 6.08 Å². The maximum absolute atomic E-state index is 14.2. The van der Waals surface area contributed by atoms with Gasteiger partial charge in [-0.3, -0.25) is 0 Å². The molecule has 1 aliphatic rings. The first-order valence-electron chi connectivity index (χ1n) is 8.33. The van der Waals surface area contributed by atoms with Crippen molar-refractivity contribution >= 4 is 0 Å². The predicted octanol–water partition coefficient (Wildman–Crippen LogP) is 4.90. The minimum absolute atomic E-state index is 0.0851. The number of fused-ring (bicyclic) bond motifs is 1. The van der Waals surface area contributed by atoms with Crippen molar-refractivity contribution in [2.75, 3.05) is 0 Å². The van der Waals surface area contributed by atoms with Crippen LogP contribution in [-0.2, 0) is 13.0 Å². The highest BCUT2D eigenvalue weighted by Crippen LogP contribution is 2.37. The molecule has 0 spiro atoms. The van der Waals surface area contributed by atoms with Gasteiger partial charge in [0.1, 0.15) is 18.1 Å². The molecule has 2 atom stereocenters. The SMILES string of the molecule is C=CCC1CCC(c2cccc(F)c2F)Cn2c(CC(F)(F)F)nnc21. The zero-order valence-electron chi connectivity index (χ0n) is 13.9. The second kappa shape index (κ2) is 7.17. The monoisotopic (exact) mass is 371 g/mol. The van der Waals surface area contributed by atoms with E-state index >= 15 is 0 Å². The number of halogens is 5. The molecule has 2 aromatic rings. The van der Waals surface area contributed by atoms with Crippen molar-refractivity contribution in [3.05, 3.63) is 59.7 Å². The second-order valence-electron chi connectivity index (χ2n) is 6.52. The van der Waals surface area contributed by atoms with Crippen LogP contribution in [0.5, 0.6) is 0 Å². The minimum Gasteiger partial charge on any atom is -0.314 e. The molecule has 0 aliphatic carbocycles. The van der Waals surface area contributed by atoms with E-state index in [1.165, 1.54) is 16.7 Å². The molecule has 0 bridgehead atoms. The molecule has 1 aromatic carbocycles. The summed E-state index contributed by atoms with van der Waals surface area (Å²) in [6.07, 6.45) is -2.34. The highest BCUT2D eigenvalue weighted by atomic mass is 19.4. The molecule has 0 N–H and O–H groups in total. The Balaban J connectivity index is 2.01. The highest BCUT2D eigenvalue weighted by molar-refractivity contribution is 5.24. The maximum Gasteiger partial charge on any atom is 0.396 e. The Labute approximate surface area is 147 Å². The van der Waals surface area contributed by atoms with E-state index in [4.69, 9.17) is 0 Å². The summed E-state index contributed by atoms with van der Waals surface area (Å²) in [5.74, 6) is -2.28. The number of alkyl halides is 3. The molecule has 0 fully saturated rings. The third-order valence-electron chi connectivity index (χ3n) is 4.72. The number of aromatic nitrogens is 3. The smallest absolute Gasteiger partial charge is 0.314 e. The summed E-state index contributed by atoms with van der Waals surface area (Å²) in [4.78, 5) is 0. The lowest BCUT2D eigenvalue weighted by Gasteiger charge is -2.18. The van der Waals surface area contributed by atoms with Crippen LogP contribution in [0.25, 0.3) is 0 Å². The molecule has 140 valence electrons. The van der Waals surface area contributed by atoms with Gasteiger partial charge in [0.05, 0.1) is 0 Å². The molecule has 2 heterocycles. The van der Waals surface area contributed by atoms with Crippen molar-refractivity contribution in [1.29, 1.82) is 0 Å². The predicted molar refractivity (Wildman–Crippen MR) is 85.7 cm³/mol. The number of allylic oxidation sites excluding steroid dienone is 1. The van der Waals surface area contributed by atoms with E-state index < -0.39 is 30.1 Å². The Morgan fingerprint density at radius 1 is 1.19 bits per heavy atom. The molecule has 0 amide bonds. The molecule has 0 saturated heterocycles. The van der Waals surface area contributed by atoms with Gasteiger partial charge in [-0.25, -0.2) is 8.78 Å². The van der Waals surface area contributed by atoms with Crippen LogP contribution in [0.3, 0.4) is 0 Å². The van der Waals surface area contributed by atoms with E-state index in [1.807, 2.05) is 0 Å². The van der Waals surface area contributed by atoms with Crippen LogP contribution in [0, 0.1) is 11.6 Å². The number of hydrogen-bond donors (Lipinski definition) is 0. The summed E-state index contributed by atoms with van der Waals surface area (Å²) in [5, 5.41) is 7.68. The number of nitrogens with zero attached hydrogens (tertiary/aromatic N) is 3. The van der Waals surface area contributed by atoms with Crippen molar-refractivity contribution in [2.24, 2.45) is 0 Å². The Hall–Kier alpha value is -2.25. The molecule has 3 nitrogen and oxygen atoms in total. The van der Waals surface area contributed by atoms with Gasteiger partial charge in [-0.2, -0.15) is 13.2 Å². The van der Waals surface area contributed by atoms with E-state index in [9.17, 15) is 22.0 Å². The fourth-order valence-corrected chi connectivity index (χ4v) is 3.52.